The van der Waals surface area contributed by atoms with Crippen molar-refractivity contribution in [1.82, 2.24) is 9.80 Å². The first-order chi connectivity index (χ1) is 15.5. The van der Waals surface area contributed by atoms with Crippen molar-refractivity contribution in [2.45, 2.75) is 19.4 Å². The molecule has 0 aliphatic carbocycles. The van der Waals surface area contributed by atoms with Crippen LogP contribution in [0.5, 0.6) is 0 Å². The van der Waals surface area contributed by atoms with E-state index in [0.717, 1.165) is 28.6 Å². The molecule has 3 aromatic carbocycles. The second-order valence-corrected chi connectivity index (χ2v) is 8.44. The Labute approximate surface area is 187 Å². The largest absolute Gasteiger partial charge is 0.373 e. The third-order valence-electron chi connectivity index (χ3n) is 6.45. The zero-order valence-electron chi connectivity index (χ0n) is 18.1. The molecule has 2 heterocycles. The van der Waals surface area contributed by atoms with Crippen molar-refractivity contribution in [3.8, 4) is 0 Å². The van der Waals surface area contributed by atoms with Crippen LogP contribution in [0.1, 0.15) is 39.1 Å². The van der Waals surface area contributed by atoms with E-state index in [-0.39, 0.29) is 24.3 Å². The van der Waals surface area contributed by atoms with E-state index in [1.54, 1.807) is 12.1 Å². The van der Waals surface area contributed by atoms with Crippen molar-refractivity contribution in [3.05, 3.63) is 77.4 Å². The molecule has 0 aromatic heterocycles. The van der Waals surface area contributed by atoms with Gasteiger partial charge < -0.3 is 9.80 Å². The Morgan fingerprint density at radius 1 is 0.875 bits per heavy atom. The fourth-order valence-corrected chi connectivity index (χ4v) is 4.74. The van der Waals surface area contributed by atoms with Gasteiger partial charge in [0.25, 0.3) is 11.8 Å². The molecular formula is C26H25N3O3. The summed E-state index contributed by atoms with van der Waals surface area (Å²) in [7, 11) is 2.04. The van der Waals surface area contributed by atoms with Crippen molar-refractivity contribution in [1.29, 1.82) is 0 Å². The average Bonchev–Trinajstić information content (AvgIpc) is 2.98. The topological polar surface area (TPSA) is 60.9 Å². The van der Waals surface area contributed by atoms with E-state index in [4.69, 9.17) is 0 Å². The summed E-state index contributed by atoms with van der Waals surface area (Å²) in [5, 5.41) is 1.62. The Hall–Kier alpha value is -3.67. The Bertz CT molecular complexity index is 1190. The smallest absolute Gasteiger partial charge is 0.261 e. The SMILES string of the molecule is CN1CCN(C(=O)CCCN2C(=O)c3cccc4cccc(c34)C2=O)Cc2ccccc21. The number of carbonyl (C=O) groups is 3. The molecule has 2 aliphatic heterocycles. The van der Waals surface area contributed by atoms with E-state index < -0.39 is 0 Å². The van der Waals surface area contributed by atoms with E-state index >= 15 is 0 Å². The van der Waals surface area contributed by atoms with Crippen LogP contribution in [0.15, 0.2) is 60.7 Å². The highest BCUT2D eigenvalue weighted by atomic mass is 16.2. The summed E-state index contributed by atoms with van der Waals surface area (Å²) >= 11 is 0. The van der Waals surface area contributed by atoms with Crippen molar-refractivity contribution in [2.24, 2.45) is 0 Å². The number of fused-ring (bicyclic) bond motifs is 1. The monoisotopic (exact) mass is 427 g/mol. The van der Waals surface area contributed by atoms with E-state index in [0.29, 0.717) is 37.1 Å². The maximum absolute atomic E-state index is 13.0. The van der Waals surface area contributed by atoms with Gasteiger partial charge in [0.1, 0.15) is 0 Å². The van der Waals surface area contributed by atoms with Gasteiger partial charge in [-0.05, 0) is 35.6 Å². The maximum Gasteiger partial charge on any atom is 0.261 e. The predicted octanol–water partition coefficient (Wildman–Crippen LogP) is 3.69. The number of hydrogen-bond donors (Lipinski definition) is 0. The summed E-state index contributed by atoms with van der Waals surface area (Å²) in [5.74, 6) is -0.511. The van der Waals surface area contributed by atoms with Crippen LogP contribution in [-0.2, 0) is 11.3 Å². The molecule has 162 valence electrons. The molecule has 6 nitrogen and oxygen atoms in total. The molecule has 3 aromatic rings. The van der Waals surface area contributed by atoms with E-state index in [2.05, 4.69) is 17.0 Å². The standard InChI is InChI=1S/C26H25N3O3/c1-27-15-16-28(17-19-7-2-3-12-22(19)27)23(30)13-6-14-29-25(31)20-10-4-8-18-9-5-11-21(24(18)20)26(29)32/h2-5,7-12H,6,13-17H2,1H3. The normalized spacial score (nSPS) is 15.7. The van der Waals surface area contributed by atoms with Gasteiger partial charge in [-0.25, -0.2) is 0 Å². The summed E-state index contributed by atoms with van der Waals surface area (Å²) in [5.41, 5.74) is 3.39. The second kappa shape index (κ2) is 8.11. The summed E-state index contributed by atoms with van der Waals surface area (Å²) < 4.78 is 0. The number of likely N-dealkylation sites (N-methyl/N-ethyl adjacent to an activating group) is 1. The molecule has 0 spiro atoms. The lowest BCUT2D eigenvalue weighted by Gasteiger charge is -2.27. The fourth-order valence-electron chi connectivity index (χ4n) is 4.74. The first kappa shape index (κ1) is 20.2. The molecule has 0 saturated carbocycles. The van der Waals surface area contributed by atoms with Crippen LogP contribution in [0.4, 0.5) is 5.69 Å². The molecule has 0 N–H and O–H groups in total. The number of hydrogen-bond acceptors (Lipinski definition) is 4. The quantitative estimate of drug-likeness (QED) is 0.596. The van der Waals surface area contributed by atoms with Crippen molar-refractivity contribution < 1.29 is 14.4 Å². The average molecular weight is 428 g/mol. The van der Waals surface area contributed by atoms with Crippen LogP contribution < -0.4 is 4.90 Å². The molecule has 5 rings (SSSR count). The number of amides is 3. The minimum atomic E-state index is -0.280. The number of nitrogens with zero attached hydrogens (tertiary/aromatic N) is 3. The van der Waals surface area contributed by atoms with E-state index in [9.17, 15) is 14.4 Å². The Morgan fingerprint density at radius 2 is 1.56 bits per heavy atom. The highest BCUT2D eigenvalue weighted by Crippen LogP contribution is 2.30. The highest BCUT2D eigenvalue weighted by Gasteiger charge is 2.32. The van der Waals surface area contributed by atoms with Gasteiger partial charge in [0.15, 0.2) is 0 Å². The van der Waals surface area contributed by atoms with Crippen molar-refractivity contribution >= 4 is 34.2 Å². The summed E-state index contributed by atoms with van der Waals surface area (Å²) in [4.78, 5) is 44.3. The van der Waals surface area contributed by atoms with Gasteiger partial charge in [-0.2, -0.15) is 0 Å². The fraction of sp³-hybridized carbons (Fsp3) is 0.269. The van der Waals surface area contributed by atoms with Gasteiger partial charge in [-0.1, -0.05) is 42.5 Å². The molecule has 0 saturated heterocycles. The van der Waals surface area contributed by atoms with Crippen molar-refractivity contribution in [3.63, 3.8) is 0 Å². The second-order valence-electron chi connectivity index (χ2n) is 8.44. The molecular weight excluding hydrogens is 402 g/mol. The van der Waals surface area contributed by atoms with Crippen LogP contribution in [0.25, 0.3) is 10.8 Å². The van der Waals surface area contributed by atoms with Crippen LogP contribution >= 0.6 is 0 Å². The number of rotatable bonds is 4. The molecule has 0 radical (unpaired) electrons. The zero-order valence-corrected chi connectivity index (χ0v) is 18.1. The third-order valence-corrected chi connectivity index (χ3v) is 6.45. The van der Waals surface area contributed by atoms with Gasteiger partial charge in [0.05, 0.1) is 0 Å². The molecule has 0 unspecified atom stereocenters. The number of anilines is 1. The molecule has 2 aliphatic rings. The zero-order chi connectivity index (χ0) is 22.2. The number of benzene rings is 3. The highest BCUT2D eigenvalue weighted by molar-refractivity contribution is 6.25. The summed E-state index contributed by atoms with van der Waals surface area (Å²) in [6, 6.07) is 19.2. The van der Waals surface area contributed by atoms with E-state index in [1.807, 2.05) is 48.3 Å². The van der Waals surface area contributed by atoms with Gasteiger partial charge >= 0.3 is 0 Å². The predicted molar refractivity (Wildman–Crippen MR) is 124 cm³/mol. The first-order valence-corrected chi connectivity index (χ1v) is 11.0. The number of para-hydroxylation sites is 1. The molecule has 6 heteroatoms. The van der Waals surface area contributed by atoms with Crippen LogP contribution in [0.2, 0.25) is 0 Å². The van der Waals surface area contributed by atoms with E-state index in [1.165, 1.54) is 4.90 Å². The molecule has 0 fully saturated rings. The Morgan fingerprint density at radius 3 is 2.28 bits per heavy atom. The van der Waals surface area contributed by atoms with Crippen LogP contribution in [-0.4, -0.2) is 54.2 Å². The minimum Gasteiger partial charge on any atom is -0.373 e. The Kier molecular flexibility index (Phi) is 5.13. The molecule has 0 atom stereocenters. The molecule has 32 heavy (non-hydrogen) atoms. The summed E-state index contributed by atoms with van der Waals surface area (Å²) in [6.07, 6.45) is 0.747. The third kappa shape index (κ3) is 3.42. The van der Waals surface area contributed by atoms with Gasteiger partial charge in [0, 0.05) is 61.8 Å². The van der Waals surface area contributed by atoms with Crippen LogP contribution in [0, 0.1) is 0 Å². The number of carbonyl (C=O) groups excluding carboxylic acids is 3. The minimum absolute atomic E-state index is 0.0505. The van der Waals surface area contributed by atoms with Gasteiger partial charge in [-0.15, -0.1) is 0 Å². The Balaban J connectivity index is 1.26. The summed E-state index contributed by atoms with van der Waals surface area (Å²) in [6.45, 7) is 2.24. The van der Waals surface area contributed by atoms with Gasteiger partial charge in [-0.3, -0.25) is 19.3 Å². The first-order valence-electron chi connectivity index (χ1n) is 11.0. The van der Waals surface area contributed by atoms with Gasteiger partial charge in [0.2, 0.25) is 5.91 Å². The van der Waals surface area contributed by atoms with Crippen LogP contribution in [0.3, 0.4) is 0 Å². The lowest BCUT2D eigenvalue weighted by molar-refractivity contribution is -0.131. The molecule has 3 amide bonds. The lowest BCUT2D eigenvalue weighted by atomic mass is 9.94. The van der Waals surface area contributed by atoms with Crippen molar-refractivity contribution in [2.75, 3.05) is 31.6 Å². The molecule has 0 bridgehead atoms. The lowest BCUT2D eigenvalue weighted by Crippen LogP contribution is -2.41. The maximum atomic E-state index is 13.0. The number of imide groups is 1.